The van der Waals surface area contributed by atoms with Crippen molar-refractivity contribution in [2.24, 2.45) is 0 Å². The van der Waals surface area contributed by atoms with E-state index < -0.39 is 0 Å². The predicted molar refractivity (Wildman–Crippen MR) is 14.9 cm³/mol. The number of hydrogen-bond acceptors (Lipinski definition) is 2. The monoisotopic (exact) mass is 59.0 g/mol. The van der Waals surface area contributed by atoms with Crippen molar-refractivity contribution >= 4 is 0 Å². The molecule has 0 aliphatic rings. The van der Waals surface area contributed by atoms with Gasteiger partial charge >= 0.3 is 0 Å². The van der Waals surface area contributed by atoms with Crippen molar-refractivity contribution in [1.29, 1.82) is 0 Å². The molecule has 0 aliphatic heterocycles. The average molecular weight is 59.1 g/mol. The molecular weight excluding hydrogens is 54.0 g/mol. The molecular formula is C2H5NO. The van der Waals surface area contributed by atoms with Crippen LogP contribution >= 0.6 is 0 Å². The molecule has 0 aromatic carbocycles. The predicted octanol–water partition coefficient (Wildman–Crippen LogP) is 0.0908. The smallest absolute Gasteiger partial charge is 0.0936 e. The lowest BCUT2D eigenvalue weighted by Gasteiger charge is -1.79. The largest absolute Gasteiger partial charge is 0.299 e. The topological polar surface area (TPSA) is 21.3 Å². The lowest BCUT2D eigenvalue weighted by atomic mass is 11.5. The zero-order chi connectivity index (χ0) is 3.41. The Balaban J connectivity index is 1.97. The summed E-state index contributed by atoms with van der Waals surface area (Å²) in [5.74, 6) is 0. The fourth-order valence-electron chi connectivity index (χ4n) is 0. The molecule has 0 aliphatic carbocycles. The molecule has 0 amide bonds. The van der Waals surface area contributed by atoms with Gasteiger partial charge in [-0.1, -0.05) is 0 Å². The number of nitrogens with one attached hydrogen (secondary N) is 1. The van der Waals surface area contributed by atoms with E-state index in [4.69, 9.17) is 0 Å². The molecule has 24 valence electrons. The van der Waals surface area contributed by atoms with Gasteiger partial charge in [-0.25, -0.2) is 5.48 Å². The maximum Gasteiger partial charge on any atom is 0.0936 e. The van der Waals surface area contributed by atoms with Crippen molar-refractivity contribution < 1.29 is 4.84 Å². The van der Waals surface area contributed by atoms with E-state index >= 15 is 0 Å². The summed E-state index contributed by atoms with van der Waals surface area (Å²) >= 11 is 0. The molecule has 0 aromatic rings. The van der Waals surface area contributed by atoms with Crippen LogP contribution in [-0.4, -0.2) is 0 Å². The first kappa shape index (κ1) is 3.92. The summed E-state index contributed by atoms with van der Waals surface area (Å²) < 4.78 is 0. The van der Waals surface area contributed by atoms with Crippen LogP contribution in [0.25, 0.3) is 0 Å². The zero-order valence-electron chi connectivity index (χ0n) is 2.32. The first-order valence-electron chi connectivity index (χ1n) is 0.846. The van der Waals surface area contributed by atoms with Gasteiger partial charge in [0.1, 0.15) is 0 Å². The Morgan fingerprint density at radius 3 is 2.00 bits per heavy atom. The van der Waals surface area contributed by atoms with Gasteiger partial charge in [-0.05, 0) is 0 Å². The highest BCUT2D eigenvalue weighted by molar-refractivity contribution is 4.03. The second-order valence-corrected chi connectivity index (χ2v) is 0.289. The molecule has 1 N–H and O–H groups in total. The van der Waals surface area contributed by atoms with Crippen molar-refractivity contribution in [2.45, 2.75) is 0 Å². The van der Waals surface area contributed by atoms with E-state index in [1.807, 2.05) is 0 Å². The van der Waals surface area contributed by atoms with E-state index in [1.165, 1.54) is 0 Å². The first-order chi connectivity index (χ1) is 1.91. The van der Waals surface area contributed by atoms with Crippen molar-refractivity contribution in [3.63, 3.8) is 0 Å². The number of hydrogen-bond donors (Lipinski definition) is 1. The molecule has 2 radical (unpaired) electrons. The van der Waals surface area contributed by atoms with Crippen molar-refractivity contribution in [1.82, 2.24) is 5.48 Å². The normalized spacial score (nSPS) is 7.50. The molecule has 0 heterocycles. The van der Waals surface area contributed by atoms with Gasteiger partial charge in [0.25, 0.3) is 0 Å². The minimum Gasteiger partial charge on any atom is -0.299 e. The maximum absolute atomic E-state index is 3.93. The Hall–Kier alpha value is -0.0800. The highest BCUT2D eigenvalue weighted by Crippen LogP contribution is 1.41. The Bertz CT molecular complexity index is 8.00. The fraction of sp³-hybridized carbons (Fsp3) is 0. The average Bonchev–Trinajstić information content (AvgIpc) is 1.37. The van der Waals surface area contributed by atoms with Crippen molar-refractivity contribution in [3.8, 4) is 0 Å². The molecule has 0 saturated heterocycles. The number of hydroxylamine groups is 1. The fourth-order valence-corrected chi connectivity index (χ4v) is 0. The van der Waals surface area contributed by atoms with Gasteiger partial charge in [0.05, 0.1) is 7.11 Å². The van der Waals surface area contributed by atoms with Gasteiger partial charge in [-0.15, -0.1) is 0 Å². The Morgan fingerprint density at radius 2 is 2.00 bits per heavy atom. The summed E-state index contributed by atoms with van der Waals surface area (Å²) in [6, 6.07) is 0. The molecule has 4 heavy (non-hydrogen) atoms. The molecule has 0 atom stereocenters. The van der Waals surface area contributed by atoms with Gasteiger partial charge in [0.15, 0.2) is 0 Å². The van der Waals surface area contributed by atoms with Crippen LogP contribution in [0.2, 0.25) is 0 Å². The third kappa shape index (κ3) is 1.92. The first-order valence-corrected chi connectivity index (χ1v) is 0.846. The van der Waals surface area contributed by atoms with E-state index in [0.29, 0.717) is 0 Å². The summed E-state index contributed by atoms with van der Waals surface area (Å²) in [7, 11) is 6.00. The van der Waals surface area contributed by atoms with Crippen LogP contribution in [0, 0.1) is 14.2 Å². The SMILES string of the molecule is [CH2]NO[CH2]. The molecule has 0 unspecified atom stereocenters. The van der Waals surface area contributed by atoms with Gasteiger partial charge in [0.2, 0.25) is 0 Å². The number of rotatable bonds is 1. The quantitative estimate of drug-likeness (QED) is 0.432. The van der Waals surface area contributed by atoms with Gasteiger partial charge in [-0.2, -0.15) is 0 Å². The molecule has 0 aromatic heterocycles. The lowest BCUT2D eigenvalue weighted by Crippen LogP contribution is -1.93. The van der Waals surface area contributed by atoms with Crippen LogP contribution in [-0.2, 0) is 4.84 Å². The van der Waals surface area contributed by atoms with Crippen LogP contribution in [0.1, 0.15) is 0 Å². The minimum atomic E-state index is 2.07. The molecule has 0 bridgehead atoms. The molecule has 0 fully saturated rings. The molecule has 2 nitrogen and oxygen atoms in total. The Labute approximate surface area is 25.7 Å². The van der Waals surface area contributed by atoms with E-state index in [-0.39, 0.29) is 0 Å². The molecule has 0 saturated carbocycles. The van der Waals surface area contributed by atoms with E-state index in [2.05, 4.69) is 24.5 Å². The Kier molecular flexibility index (Phi) is 2.86. The summed E-state index contributed by atoms with van der Waals surface area (Å²) in [5.41, 5.74) is 2.07. The second-order valence-electron chi connectivity index (χ2n) is 0.289. The summed E-state index contributed by atoms with van der Waals surface area (Å²) in [4.78, 5) is 3.93. The molecule has 2 heteroatoms. The standard InChI is InChI=1S/C2H5NO/c1-3-4-2/h3H,1-2H2. The van der Waals surface area contributed by atoms with Gasteiger partial charge in [-0.3, -0.25) is 4.84 Å². The highest BCUT2D eigenvalue weighted by Gasteiger charge is 1.47. The second kappa shape index (κ2) is 2.92. The van der Waals surface area contributed by atoms with Crippen LogP contribution in [0.3, 0.4) is 0 Å². The van der Waals surface area contributed by atoms with Crippen molar-refractivity contribution in [3.05, 3.63) is 14.2 Å². The van der Waals surface area contributed by atoms with Crippen LogP contribution in [0.4, 0.5) is 0 Å². The van der Waals surface area contributed by atoms with Crippen LogP contribution in [0.15, 0.2) is 0 Å². The lowest BCUT2D eigenvalue weighted by molar-refractivity contribution is 0.166. The van der Waals surface area contributed by atoms with E-state index in [1.54, 1.807) is 0 Å². The van der Waals surface area contributed by atoms with Crippen LogP contribution < -0.4 is 5.48 Å². The third-order valence-corrected chi connectivity index (χ3v) is 0.102. The van der Waals surface area contributed by atoms with Crippen molar-refractivity contribution in [2.75, 3.05) is 0 Å². The molecule has 0 rings (SSSR count). The van der Waals surface area contributed by atoms with Gasteiger partial charge < -0.3 is 0 Å². The third-order valence-electron chi connectivity index (χ3n) is 0.102. The summed E-state index contributed by atoms with van der Waals surface area (Å²) in [6.07, 6.45) is 0. The molecule has 0 spiro atoms. The zero-order valence-corrected chi connectivity index (χ0v) is 2.32. The highest BCUT2D eigenvalue weighted by atomic mass is 16.6. The summed E-state index contributed by atoms with van der Waals surface area (Å²) in [5, 5.41) is 0. The van der Waals surface area contributed by atoms with E-state index in [0.717, 1.165) is 0 Å². The van der Waals surface area contributed by atoms with Crippen LogP contribution in [0.5, 0.6) is 0 Å². The maximum atomic E-state index is 3.93. The minimum absolute atomic E-state index is 2.07. The summed E-state index contributed by atoms with van der Waals surface area (Å²) in [6.45, 7) is 0. The van der Waals surface area contributed by atoms with E-state index in [9.17, 15) is 0 Å². The van der Waals surface area contributed by atoms with Gasteiger partial charge in [0, 0.05) is 7.05 Å². The Morgan fingerprint density at radius 1 is 1.75 bits per heavy atom.